The van der Waals surface area contributed by atoms with Crippen LogP contribution in [0.1, 0.15) is 30.9 Å². The number of urea groups is 1. The molecule has 3 N–H and O–H groups in total. The Balaban J connectivity index is 1.14. The molecule has 0 spiro atoms. The normalized spacial score (nSPS) is 11.3. The lowest BCUT2D eigenvalue weighted by Gasteiger charge is -2.10. The smallest absolute Gasteiger partial charge is 0.406 e. The Morgan fingerprint density at radius 3 is 2.52 bits per heavy atom. The fraction of sp³-hybridized carbons (Fsp3) is 0.300. The molecule has 42 heavy (non-hydrogen) atoms. The van der Waals surface area contributed by atoms with Gasteiger partial charge in [0.1, 0.15) is 12.1 Å². The summed E-state index contributed by atoms with van der Waals surface area (Å²) in [6.07, 6.45) is 0.315. The average molecular weight is 599 g/mol. The molecule has 3 aromatic carbocycles. The highest BCUT2D eigenvalue weighted by molar-refractivity contribution is 7.97. The highest BCUT2D eigenvalue weighted by Crippen LogP contribution is 2.24. The molecule has 0 bridgehead atoms. The molecule has 8 nitrogen and oxygen atoms in total. The molecule has 1 heterocycles. The number of halogens is 3. The van der Waals surface area contributed by atoms with Gasteiger partial charge in [-0.05, 0) is 85.2 Å². The maximum absolute atomic E-state index is 12.4. The average Bonchev–Trinajstić information content (AvgIpc) is 3.47. The van der Waals surface area contributed by atoms with Crippen LogP contribution in [0, 0.1) is 0 Å². The Labute approximate surface area is 247 Å². The van der Waals surface area contributed by atoms with Crippen molar-refractivity contribution in [2.75, 3.05) is 19.6 Å². The van der Waals surface area contributed by atoms with E-state index >= 15 is 0 Å². The van der Waals surface area contributed by atoms with E-state index in [0.29, 0.717) is 31.1 Å². The molecule has 0 fully saturated rings. The number of hydrogen-bond acceptors (Lipinski definition) is 6. The predicted molar refractivity (Wildman–Crippen MR) is 157 cm³/mol. The van der Waals surface area contributed by atoms with Crippen LogP contribution in [0.2, 0.25) is 0 Å². The number of hydrogen-bond donors (Lipinski definition) is 3. The van der Waals surface area contributed by atoms with E-state index < -0.39 is 6.36 Å². The predicted octanol–water partition coefficient (Wildman–Crippen LogP) is 6.31. The van der Waals surface area contributed by atoms with E-state index in [1.54, 1.807) is 11.9 Å². The zero-order chi connectivity index (χ0) is 29.8. The molecule has 0 aliphatic carbocycles. The van der Waals surface area contributed by atoms with Gasteiger partial charge in [0.2, 0.25) is 0 Å². The summed E-state index contributed by atoms with van der Waals surface area (Å²) >= 11 is 1.58. The monoisotopic (exact) mass is 598 g/mol. The minimum Gasteiger partial charge on any atom is -0.406 e. The number of amides is 2. The minimum atomic E-state index is -4.74. The number of ether oxygens (including phenoxy) is 1. The summed E-state index contributed by atoms with van der Waals surface area (Å²) in [5.41, 5.74) is 3.82. The molecule has 0 aliphatic heterocycles. The summed E-state index contributed by atoms with van der Waals surface area (Å²) in [5, 5.41) is 10.2. The fourth-order valence-corrected chi connectivity index (χ4v) is 5.01. The van der Waals surface area contributed by atoms with Crippen LogP contribution < -0.4 is 20.1 Å². The van der Waals surface area contributed by atoms with Crippen LogP contribution in [-0.4, -0.2) is 46.8 Å². The molecule has 4 rings (SSSR count). The first-order chi connectivity index (χ1) is 20.3. The standard InChI is InChI=1S/C30H33F3N6O2S/c1-2-23-10-3-4-12-27(23)42-37-19-18-35-29(40)34-17-6-5-8-22-9-7-11-24(20-22)28-36-21-39(38-28)25-13-15-26(16-14-25)41-30(31,32)33/h3-4,7,9-16,20-21,37H,2,5-6,8,17-19H2,1H3,(H2,34,35,40). The van der Waals surface area contributed by atoms with Crippen LogP contribution in [0.5, 0.6) is 5.75 Å². The number of alkyl halides is 3. The number of aryl methyl sites for hydroxylation is 2. The van der Waals surface area contributed by atoms with Crippen LogP contribution in [-0.2, 0) is 12.8 Å². The van der Waals surface area contributed by atoms with Crippen molar-refractivity contribution >= 4 is 18.0 Å². The van der Waals surface area contributed by atoms with Crippen molar-refractivity contribution in [3.63, 3.8) is 0 Å². The maximum atomic E-state index is 12.4. The zero-order valence-corrected chi connectivity index (χ0v) is 24.0. The largest absolute Gasteiger partial charge is 0.573 e. The van der Waals surface area contributed by atoms with E-state index in [4.69, 9.17) is 0 Å². The Kier molecular flexibility index (Phi) is 11.2. The van der Waals surface area contributed by atoms with Gasteiger partial charge >= 0.3 is 12.4 Å². The molecular formula is C30H33F3N6O2S. The van der Waals surface area contributed by atoms with Gasteiger partial charge in [-0.3, -0.25) is 4.72 Å². The van der Waals surface area contributed by atoms with Gasteiger partial charge in [-0.1, -0.05) is 43.3 Å². The van der Waals surface area contributed by atoms with Crippen molar-refractivity contribution in [3.05, 3.63) is 90.3 Å². The second kappa shape index (κ2) is 15.3. The highest BCUT2D eigenvalue weighted by atomic mass is 32.2. The molecule has 0 radical (unpaired) electrons. The first kappa shape index (κ1) is 30.9. The van der Waals surface area contributed by atoms with E-state index in [2.05, 4.69) is 49.2 Å². The van der Waals surface area contributed by atoms with Gasteiger partial charge in [0.15, 0.2) is 5.82 Å². The van der Waals surface area contributed by atoms with Crippen LogP contribution in [0.4, 0.5) is 18.0 Å². The summed E-state index contributed by atoms with van der Waals surface area (Å²) in [6.45, 7) is 3.90. The van der Waals surface area contributed by atoms with Gasteiger partial charge in [0.25, 0.3) is 0 Å². The number of nitrogens with zero attached hydrogens (tertiary/aromatic N) is 3. The molecule has 0 saturated heterocycles. The Morgan fingerprint density at radius 2 is 1.74 bits per heavy atom. The van der Waals surface area contributed by atoms with Gasteiger partial charge in [-0.15, -0.1) is 18.3 Å². The third kappa shape index (κ3) is 9.81. The second-order valence-electron chi connectivity index (χ2n) is 9.35. The summed E-state index contributed by atoms with van der Waals surface area (Å²) in [4.78, 5) is 17.6. The van der Waals surface area contributed by atoms with E-state index in [0.717, 1.165) is 36.8 Å². The summed E-state index contributed by atoms with van der Waals surface area (Å²) in [6, 6.07) is 21.4. The van der Waals surface area contributed by atoms with Crippen LogP contribution in [0.25, 0.3) is 17.1 Å². The molecule has 2 amide bonds. The van der Waals surface area contributed by atoms with Gasteiger partial charge < -0.3 is 15.4 Å². The summed E-state index contributed by atoms with van der Waals surface area (Å²) in [7, 11) is 0. The Morgan fingerprint density at radius 1 is 0.952 bits per heavy atom. The van der Waals surface area contributed by atoms with Gasteiger partial charge in [0, 0.05) is 30.1 Å². The number of unbranched alkanes of at least 4 members (excludes halogenated alkanes) is 1. The van der Waals surface area contributed by atoms with E-state index in [1.165, 1.54) is 45.7 Å². The quantitative estimate of drug-likeness (QED) is 0.116. The lowest BCUT2D eigenvalue weighted by Crippen LogP contribution is -2.38. The number of carbonyl (C=O) groups is 1. The summed E-state index contributed by atoms with van der Waals surface area (Å²) < 4.78 is 45.9. The Bertz CT molecular complexity index is 1430. The van der Waals surface area contributed by atoms with E-state index in [9.17, 15) is 18.0 Å². The SMILES string of the molecule is CCc1ccccc1SNCCNC(=O)NCCCCc1cccc(-c2ncn(-c3ccc(OC(F)(F)F)cc3)n2)c1. The maximum Gasteiger partial charge on any atom is 0.573 e. The van der Waals surface area contributed by atoms with Gasteiger partial charge in [-0.2, -0.15) is 0 Å². The number of nitrogens with one attached hydrogen (secondary N) is 3. The third-order valence-electron chi connectivity index (χ3n) is 6.24. The molecule has 12 heteroatoms. The number of rotatable bonds is 14. The second-order valence-corrected chi connectivity index (χ2v) is 10.3. The topological polar surface area (TPSA) is 93.1 Å². The summed E-state index contributed by atoms with van der Waals surface area (Å²) in [5.74, 6) is 0.208. The molecular weight excluding hydrogens is 565 g/mol. The first-order valence-corrected chi connectivity index (χ1v) is 14.5. The minimum absolute atomic E-state index is 0.179. The van der Waals surface area contributed by atoms with Crippen molar-refractivity contribution in [1.82, 2.24) is 30.1 Å². The first-order valence-electron chi connectivity index (χ1n) is 13.7. The molecule has 0 saturated carbocycles. The lowest BCUT2D eigenvalue weighted by molar-refractivity contribution is -0.274. The molecule has 1 aromatic heterocycles. The van der Waals surface area contributed by atoms with E-state index in [-0.39, 0.29) is 11.8 Å². The van der Waals surface area contributed by atoms with Crippen molar-refractivity contribution < 1.29 is 22.7 Å². The fourth-order valence-electron chi connectivity index (χ4n) is 4.16. The van der Waals surface area contributed by atoms with Crippen LogP contribution in [0.15, 0.2) is 84.0 Å². The molecule has 222 valence electrons. The van der Waals surface area contributed by atoms with Gasteiger partial charge in [-0.25, -0.2) is 14.5 Å². The van der Waals surface area contributed by atoms with Crippen molar-refractivity contribution in [3.8, 4) is 22.8 Å². The molecule has 0 aliphatic rings. The number of carbonyl (C=O) groups excluding carboxylic acids is 1. The number of aromatic nitrogens is 3. The third-order valence-corrected chi connectivity index (χ3v) is 7.20. The van der Waals surface area contributed by atoms with Crippen molar-refractivity contribution in [2.45, 2.75) is 43.9 Å². The molecule has 0 atom stereocenters. The van der Waals surface area contributed by atoms with Crippen LogP contribution >= 0.6 is 11.9 Å². The van der Waals surface area contributed by atoms with Crippen molar-refractivity contribution in [2.24, 2.45) is 0 Å². The van der Waals surface area contributed by atoms with Crippen molar-refractivity contribution in [1.29, 1.82) is 0 Å². The molecule has 4 aromatic rings. The van der Waals surface area contributed by atoms with E-state index in [1.807, 2.05) is 36.4 Å². The highest BCUT2D eigenvalue weighted by Gasteiger charge is 2.31. The van der Waals surface area contributed by atoms with Crippen LogP contribution in [0.3, 0.4) is 0 Å². The lowest BCUT2D eigenvalue weighted by atomic mass is 10.0. The zero-order valence-electron chi connectivity index (χ0n) is 23.2. The van der Waals surface area contributed by atoms with Gasteiger partial charge in [0.05, 0.1) is 5.69 Å². The number of benzene rings is 3. The Hall–Kier alpha value is -4.03. The molecule has 0 unspecified atom stereocenters.